The number of methoxy groups -OCH3 is 1. The van der Waals surface area contributed by atoms with Gasteiger partial charge in [-0.2, -0.15) is 0 Å². The molecule has 0 fully saturated rings. The summed E-state index contributed by atoms with van der Waals surface area (Å²) < 4.78 is 52.1. The van der Waals surface area contributed by atoms with Gasteiger partial charge in [0.05, 0.1) is 30.0 Å². The summed E-state index contributed by atoms with van der Waals surface area (Å²) in [6.07, 6.45) is 0.593. The van der Waals surface area contributed by atoms with E-state index in [1.807, 2.05) is 51.1 Å². The molecule has 2 aromatic heterocycles. The van der Waals surface area contributed by atoms with Crippen LogP contribution in [0.5, 0.6) is 11.5 Å². The maximum atomic E-state index is 13.5. The molecule has 4 rings (SSSR count). The fourth-order valence-electron chi connectivity index (χ4n) is 4.44. The van der Waals surface area contributed by atoms with Crippen molar-refractivity contribution in [2.45, 2.75) is 52.5 Å². The Morgan fingerprint density at radius 1 is 0.975 bits per heavy atom. The summed E-state index contributed by atoms with van der Waals surface area (Å²) in [5, 5.41) is 3.86. The molecular formula is C30H35N3O6S. The van der Waals surface area contributed by atoms with Crippen LogP contribution >= 0.6 is 0 Å². The molecule has 4 aromatic rings. The maximum Gasteiger partial charge on any atom is 0.264 e. The molecule has 0 saturated carbocycles. The Bertz CT molecular complexity index is 1600. The minimum Gasteiger partial charge on any atom is -0.491 e. The van der Waals surface area contributed by atoms with Crippen LogP contribution in [0.25, 0.3) is 11.1 Å². The van der Waals surface area contributed by atoms with Crippen molar-refractivity contribution in [3.05, 3.63) is 82.3 Å². The first-order valence-electron chi connectivity index (χ1n) is 13.0. The zero-order valence-corrected chi connectivity index (χ0v) is 24.5. The molecule has 0 saturated heterocycles. The number of hydrogen-bond acceptors (Lipinski definition) is 8. The Hall–Kier alpha value is -3.89. The number of pyridine rings is 1. The normalized spacial score (nSPS) is 11.4. The van der Waals surface area contributed by atoms with Gasteiger partial charge in [0, 0.05) is 29.5 Å². The fourth-order valence-corrected chi connectivity index (χ4v) is 5.71. The van der Waals surface area contributed by atoms with E-state index in [4.69, 9.17) is 18.7 Å². The predicted molar refractivity (Wildman–Crippen MR) is 153 cm³/mol. The van der Waals surface area contributed by atoms with Crippen molar-refractivity contribution in [2.75, 3.05) is 25.0 Å². The second-order valence-corrected chi connectivity index (χ2v) is 11.1. The third-order valence-corrected chi connectivity index (χ3v) is 7.96. The Morgan fingerprint density at radius 2 is 1.75 bits per heavy atom. The van der Waals surface area contributed by atoms with Crippen LogP contribution in [0.15, 0.2) is 57.9 Å². The number of nitrogens with zero attached hydrogens (tertiary/aromatic N) is 2. The van der Waals surface area contributed by atoms with Gasteiger partial charge in [-0.05, 0) is 63.8 Å². The highest BCUT2D eigenvalue weighted by Gasteiger charge is 2.24. The van der Waals surface area contributed by atoms with Crippen molar-refractivity contribution in [1.82, 2.24) is 10.1 Å². The number of anilines is 1. The van der Waals surface area contributed by atoms with Crippen molar-refractivity contribution in [3.63, 3.8) is 0 Å². The lowest BCUT2D eigenvalue weighted by Crippen LogP contribution is -2.14. The first-order chi connectivity index (χ1) is 19.1. The van der Waals surface area contributed by atoms with Crippen LogP contribution in [0.1, 0.15) is 40.7 Å². The lowest BCUT2D eigenvalue weighted by molar-refractivity contribution is 0.151. The van der Waals surface area contributed by atoms with Crippen molar-refractivity contribution in [3.8, 4) is 22.6 Å². The van der Waals surface area contributed by atoms with Crippen LogP contribution in [-0.2, 0) is 27.8 Å². The highest BCUT2D eigenvalue weighted by atomic mass is 32.2. The number of sulfonamides is 1. The number of nitrogens with one attached hydrogen (secondary N) is 1. The zero-order chi connectivity index (χ0) is 28.9. The van der Waals surface area contributed by atoms with E-state index in [2.05, 4.69) is 14.9 Å². The molecule has 0 amide bonds. The van der Waals surface area contributed by atoms with E-state index in [0.29, 0.717) is 54.6 Å². The molecule has 212 valence electrons. The standard InChI is InChI=1S/C30H35N3O6S/c1-7-37-15-14-24-17-23(18-38-27-16-19(2)31-22(5)29(27)36-6)12-13-25(24)26-10-8-9-11-28(26)40(34,35)33-30-20(3)21(4)32-39-30/h8-13,16-17,33H,7,14-15,18H2,1-6H3. The average molecular weight is 566 g/mol. The largest absolute Gasteiger partial charge is 0.491 e. The molecule has 2 aromatic carbocycles. The van der Waals surface area contributed by atoms with Gasteiger partial charge in [0.15, 0.2) is 11.5 Å². The first-order valence-corrected chi connectivity index (χ1v) is 14.5. The second-order valence-electron chi connectivity index (χ2n) is 9.43. The zero-order valence-electron chi connectivity index (χ0n) is 23.7. The van der Waals surface area contributed by atoms with E-state index >= 15 is 0 Å². The Kier molecular flexibility index (Phi) is 9.11. The Balaban J connectivity index is 1.69. The summed E-state index contributed by atoms with van der Waals surface area (Å²) in [5.41, 5.74) is 6.09. The van der Waals surface area contributed by atoms with Gasteiger partial charge in [0.25, 0.3) is 10.0 Å². The maximum absolute atomic E-state index is 13.5. The molecule has 0 unspecified atom stereocenters. The van der Waals surface area contributed by atoms with Crippen molar-refractivity contribution in [2.24, 2.45) is 0 Å². The molecule has 0 spiro atoms. The molecule has 40 heavy (non-hydrogen) atoms. The summed E-state index contributed by atoms with van der Waals surface area (Å²) in [4.78, 5) is 4.58. The van der Waals surface area contributed by atoms with Crippen LogP contribution in [0.2, 0.25) is 0 Å². The van der Waals surface area contributed by atoms with E-state index in [1.165, 1.54) is 0 Å². The van der Waals surface area contributed by atoms with Crippen LogP contribution in [0.3, 0.4) is 0 Å². The van der Waals surface area contributed by atoms with E-state index in [0.717, 1.165) is 28.1 Å². The SMILES string of the molecule is CCOCCc1cc(COc2cc(C)nc(C)c2OC)ccc1-c1ccccc1S(=O)(=O)Nc1onc(C)c1C. The van der Waals surface area contributed by atoms with Crippen molar-refractivity contribution < 1.29 is 27.2 Å². The number of ether oxygens (including phenoxy) is 3. The highest BCUT2D eigenvalue weighted by Crippen LogP contribution is 2.34. The summed E-state index contributed by atoms with van der Waals surface area (Å²) in [6, 6.07) is 14.7. The molecule has 0 radical (unpaired) electrons. The monoisotopic (exact) mass is 565 g/mol. The lowest BCUT2D eigenvalue weighted by Gasteiger charge is -2.17. The molecule has 0 aliphatic carbocycles. The smallest absolute Gasteiger partial charge is 0.264 e. The first kappa shape index (κ1) is 29.1. The van der Waals surface area contributed by atoms with Crippen LogP contribution in [0.4, 0.5) is 5.88 Å². The second kappa shape index (κ2) is 12.5. The van der Waals surface area contributed by atoms with Gasteiger partial charge in [0.2, 0.25) is 5.88 Å². The predicted octanol–water partition coefficient (Wildman–Crippen LogP) is 5.94. The number of aromatic nitrogens is 2. The topological polar surface area (TPSA) is 113 Å². The summed E-state index contributed by atoms with van der Waals surface area (Å²) >= 11 is 0. The third-order valence-electron chi connectivity index (χ3n) is 6.58. The van der Waals surface area contributed by atoms with Gasteiger partial charge < -0.3 is 18.7 Å². The molecule has 1 N–H and O–H groups in total. The van der Waals surface area contributed by atoms with Crippen LogP contribution in [-0.4, -0.2) is 38.9 Å². The molecule has 9 nitrogen and oxygen atoms in total. The molecule has 0 bridgehead atoms. The summed E-state index contributed by atoms with van der Waals surface area (Å²) in [6.45, 7) is 10.6. The summed E-state index contributed by atoms with van der Waals surface area (Å²) in [7, 11) is -2.38. The van der Waals surface area contributed by atoms with Gasteiger partial charge in [0.1, 0.15) is 6.61 Å². The van der Waals surface area contributed by atoms with Crippen LogP contribution in [0, 0.1) is 27.7 Å². The minimum absolute atomic E-state index is 0.105. The summed E-state index contributed by atoms with van der Waals surface area (Å²) in [5.74, 6) is 1.32. The van der Waals surface area contributed by atoms with E-state index in [1.54, 1.807) is 39.2 Å². The minimum atomic E-state index is -3.97. The molecule has 2 heterocycles. The van der Waals surface area contributed by atoms with Crippen LogP contribution < -0.4 is 14.2 Å². The number of benzene rings is 2. The molecule has 0 atom stereocenters. The number of rotatable bonds is 12. The average Bonchev–Trinajstić information content (AvgIpc) is 3.23. The molecular weight excluding hydrogens is 530 g/mol. The number of hydrogen-bond donors (Lipinski definition) is 1. The van der Waals surface area contributed by atoms with Gasteiger partial charge in [-0.3, -0.25) is 4.98 Å². The lowest BCUT2D eigenvalue weighted by atomic mass is 9.96. The highest BCUT2D eigenvalue weighted by molar-refractivity contribution is 7.92. The van der Waals surface area contributed by atoms with Gasteiger partial charge >= 0.3 is 0 Å². The van der Waals surface area contributed by atoms with E-state index < -0.39 is 10.0 Å². The Morgan fingerprint density at radius 3 is 2.45 bits per heavy atom. The van der Waals surface area contributed by atoms with E-state index in [9.17, 15) is 8.42 Å². The van der Waals surface area contributed by atoms with Crippen molar-refractivity contribution >= 4 is 15.9 Å². The van der Waals surface area contributed by atoms with E-state index in [-0.39, 0.29) is 10.8 Å². The Labute approximate surface area is 235 Å². The van der Waals surface area contributed by atoms with Gasteiger partial charge in [-0.15, -0.1) is 0 Å². The third kappa shape index (κ3) is 6.46. The van der Waals surface area contributed by atoms with Gasteiger partial charge in [-0.1, -0.05) is 41.6 Å². The molecule has 10 heteroatoms. The molecule has 0 aliphatic heterocycles. The fraction of sp³-hybridized carbons (Fsp3) is 0.333. The van der Waals surface area contributed by atoms with Crippen molar-refractivity contribution in [1.29, 1.82) is 0 Å². The number of aryl methyl sites for hydroxylation is 3. The quantitative estimate of drug-likeness (QED) is 0.210. The van der Waals surface area contributed by atoms with Gasteiger partial charge in [-0.25, -0.2) is 13.1 Å². The molecule has 0 aliphatic rings.